The van der Waals surface area contributed by atoms with Crippen LogP contribution in [0.5, 0.6) is 0 Å². The van der Waals surface area contributed by atoms with Crippen molar-refractivity contribution in [2.24, 2.45) is 5.16 Å². The Kier molecular flexibility index (Phi) is 6.38. The second-order valence-electron chi connectivity index (χ2n) is 3.19. The van der Waals surface area contributed by atoms with Crippen molar-refractivity contribution < 1.29 is 14.4 Å². The Bertz CT molecular complexity index is 402. The number of halogens is 3. The summed E-state index contributed by atoms with van der Waals surface area (Å²) < 4.78 is -0.677. The molecular formula is C8H10Cl3N3O3S2. The molecule has 6 nitrogen and oxygen atoms in total. The smallest absolute Gasteiger partial charge is 0.295 e. The normalized spacial score (nSPS) is 18.1. The van der Waals surface area contributed by atoms with E-state index < -0.39 is 9.22 Å². The van der Waals surface area contributed by atoms with E-state index in [0.717, 1.165) is 4.31 Å². The molecule has 1 heterocycles. The highest BCUT2D eigenvalue weighted by molar-refractivity contribution is 8.15. The van der Waals surface area contributed by atoms with E-state index in [0.29, 0.717) is 23.7 Å². The minimum atomic E-state index is -1.67. The molecule has 0 saturated carbocycles. The van der Waals surface area contributed by atoms with E-state index in [9.17, 15) is 9.59 Å². The van der Waals surface area contributed by atoms with Gasteiger partial charge in [0.1, 0.15) is 0 Å². The van der Waals surface area contributed by atoms with E-state index in [-0.39, 0.29) is 11.7 Å². The van der Waals surface area contributed by atoms with Gasteiger partial charge in [0, 0.05) is 25.5 Å². The van der Waals surface area contributed by atoms with Crippen molar-refractivity contribution in [3.63, 3.8) is 0 Å². The number of amides is 2. The van der Waals surface area contributed by atoms with Gasteiger partial charge in [-0.3, -0.25) is 14.5 Å². The van der Waals surface area contributed by atoms with E-state index in [2.05, 4.69) is 9.99 Å². The molecule has 19 heavy (non-hydrogen) atoms. The lowest BCUT2D eigenvalue weighted by molar-refractivity contribution is -0.124. The second-order valence-corrected chi connectivity index (χ2v) is 8.43. The van der Waals surface area contributed by atoms with Crippen LogP contribution in [-0.2, 0) is 9.63 Å². The van der Waals surface area contributed by atoms with Gasteiger partial charge < -0.3 is 0 Å². The van der Waals surface area contributed by atoms with Crippen LogP contribution in [0.15, 0.2) is 5.16 Å². The van der Waals surface area contributed by atoms with Crippen LogP contribution in [0.25, 0.3) is 0 Å². The Labute approximate surface area is 133 Å². The van der Waals surface area contributed by atoms with Gasteiger partial charge in [-0.05, 0) is 12.1 Å². The number of amidine groups is 1. The number of oxime groups is 1. The lowest BCUT2D eigenvalue weighted by atomic mass is 10.5. The topological polar surface area (TPSA) is 62.2 Å². The maximum atomic E-state index is 11.5. The number of rotatable bonds is 3. The van der Waals surface area contributed by atoms with E-state index in [4.69, 9.17) is 34.8 Å². The van der Waals surface area contributed by atoms with Crippen LogP contribution in [0, 0.1) is 0 Å². The summed E-state index contributed by atoms with van der Waals surface area (Å²) in [6.07, 6.45) is -0.806. The molecule has 0 aromatic carbocycles. The van der Waals surface area contributed by atoms with Gasteiger partial charge in [-0.15, -0.1) is 0 Å². The first-order chi connectivity index (χ1) is 8.74. The van der Waals surface area contributed by atoms with Gasteiger partial charge in [-0.1, -0.05) is 46.6 Å². The summed E-state index contributed by atoms with van der Waals surface area (Å²) in [4.78, 5) is 29.0. The van der Waals surface area contributed by atoms with Gasteiger partial charge in [0.25, 0.3) is 3.12 Å². The number of carbonyl (C=O) groups is 2. The largest absolute Gasteiger partial charge is 0.446 e. The van der Waals surface area contributed by atoms with E-state index in [1.165, 1.54) is 23.7 Å². The molecular weight excluding hydrogens is 357 g/mol. The van der Waals surface area contributed by atoms with Crippen LogP contribution >= 0.6 is 58.5 Å². The summed E-state index contributed by atoms with van der Waals surface area (Å²) in [5.41, 5.74) is 0. The number of hydrogen-bond acceptors (Lipinski definition) is 6. The highest BCUT2D eigenvalue weighted by Crippen LogP contribution is 2.40. The third-order valence-corrected chi connectivity index (χ3v) is 4.07. The first kappa shape index (κ1) is 17.0. The van der Waals surface area contributed by atoms with Crippen LogP contribution in [0.1, 0.15) is 6.92 Å². The average molecular weight is 367 g/mol. The summed E-state index contributed by atoms with van der Waals surface area (Å²) in [5.74, 6) is 0.203. The van der Waals surface area contributed by atoms with Gasteiger partial charge >= 0.3 is 6.09 Å². The minimum Gasteiger partial charge on any atom is -0.295 e. The third-order valence-electron chi connectivity index (χ3n) is 1.87. The molecule has 0 aromatic heterocycles. The lowest BCUT2D eigenvalue weighted by Gasteiger charge is -2.18. The summed E-state index contributed by atoms with van der Waals surface area (Å²) in [6, 6.07) is 0. The maximum Gasteiger partial charge on any atom is 0.446 e. The molecule has 0 aliphatic carbocycles. The maximum absolute atomic E-state index is 11.5. The molecule has 2 amide bonds. The van der Waals surface area contributed by atoms with E-state index in [1.54, 1.807) is 6.92 Å². The summed E-state index contributed by atoms with van der Waals surface area (Å²) in [5, 5.41) is 3.97. The summed E-state index contributed by atoms with van der Waals surface area (Å²) in [7, 11) is 1.37. The van der Waals surface area contributed by atoms with Crippen LogP contribution in [0.2, 0.25) is 0 Å². The molecule has 1 aliphatic heterocycles. The van der Waals surface area contributed by atoms with Crippen molar-refractivity contribution in [1.82, 2.24) is 9.21 Å². The summed E-state index contributed by atoms with van der Waals surface area (Å²) in [6.45, 7) is 2.26. The minimum absolute atomic E-state index is 0.0775. The zero-order valence-electron chi connectivity index (χ0n) is 9.93. The molecule has 1 aliphatic rings. The Balaban J connectivity index is 2.56. The van der Waals surface area contributed by atoms with Crippen molar-refractivity contribution >= 4 is 75.7 Å². The van der Waals surface area contributed by atoms with E-state index in [1.807, 2.05) is 0 Å². The molecule has 108 valence electrons. The Morgan fingerprint density at radius 2 is 2.26 bits per heavy atom. The molecule has 0 spiro atoms. The zero-order chi connectivity index (χ0) is 14.6. The molecule has 1 saturated heterocycles. The molecule has 0 unspecified atom stereocenters. The molecule has 11 heteroatoms. The number of thioether (sulfide) groups is 1. The highest BCUT2D eigenvalue weighted by atomic mass is 35.6. The third kappa shape index (κ3) is 5.47. The molecule has 1 rings (SSSR count). The van der Waals surface area contributed by atoms with Gasteiger partial charge in [-0.2, -0.15) is 0 Å². The van der Waals surface area contributed by atoms with Crippen molar-refractivity contribution in [3.05, 3.63) is 0 Å². The number of alkyl halides is 3. The Morgan fingerprint density at radius 3 is 2.79 bits per heavy atom. The van der Waals surface area contributed by atoms with Gasteiger partial charge in [-0.25, -0.2) is 9.10 Å². The SMILES string of the molecule is CCN1C(=O)CSC1=NOC(=O)N(C)SC(Cl)(Cl)Cl. The molecule has 0 bridgehead atoms. The predicted molar refractivity (Wildman–Crippen MR) is 79.4 cm³/mol. The standard InChI is InChI=1S/C8H10Cl3N3O3S2/c1-3-14-5(15)4-18-6(14)12-17-7(16)13(2)19-8(9,10)11/h3-4H2,1-2H3. The number of hydrogen-bond donors (Lipinski definition) is 0. The molecule has 0 atom stereocenters. The molecule has 0 aromatic rings. The monoisotopic (exact) mass is 365 g/mol. The van der Waals surface area contributed by atoms with Gasteiger partial charge in [0.05, 0.1) is 5.75 Å². The zero-order valence-corrected chi connectivity index (χ0v) is 13.8. The predicted octanol–water partition coefficient (Wildman–Crippen LogP) is 2.90. The first-order valence-electron chi connectivity index (χ1n) is 4.96. The fraction of sp³-hybridized carbons (Fsp3) is 0.625. The van der Waals surface area contributed by atoms with Crippen LogP contribution in [-0.4, -0.2) is 48.8 Å². The number of carbonyl (C=O) groups excluding carboxylic acids is 2. The molecule has 1 fully saturated rings. The van der Waals surface area contributed by atoms with Crippen molar-refractivity contribution in [1.29, 1.82) is 0 Å². The fourth-order valence-corrected chi connectivity index (χ4v) is 3.34. The highest BCUT2D eigenvalue weighted by Gasteiger charge is 2.29. The van der Waals surface area contributed by atoms with E-state index >= 15 is 0 Å². The molecule has 0 radical (unpaired) electrons. The Hall–Kier alpha value is -0.0200. The van der Waals surface area contributed by atoms with Crippen molar-refractivity contribution in [2.45, 2.75) is 10.0 Å². The average Bonchev–Trinajstić information content (AvgIpc) is 2.64. The van der Waals surface area contributed by atoms with Crippen LogP contribution in [0.3, 0.4) is 0 Å². The number of nitrogens with zero attached hydrogens (tertiary/aromatic N) is 3. The van der Waals surface area contributed by atoms with Crippen LogP contribution in [0.4, 0.5) is 4.79 Å². The van der Waals surface area contributed by atoms with Gasteiger partial charge in [0.15, 0.2) is 0 Å². The summed E-state index contributed by atoms with van der Waals surface area (Å²) >= 11 is 18.4. The lowest BCUT2D eigenvalue weighted by Crippen LogP contribution is -2.30. The van der Waals surface area contributed by atoms with Gasteiger partial charge in [0.2, 0.25) is 11.1 Å². The van der Waals surface area contributed by atoms with Crippen LogP contribution < -0.4 is 0 Å². The Morgan fingerprint density at radius 1 is 1.63 bits per heavy atom. The first-order valence-corrected chi connectivity index (χ1v) is 7.85. The van der Waals surface area contributed by atoms with Crippen molar-refractivity contribution in [3.8, 4) is 0 Å². The fourth-order valence-electron chi connectivity index (χ4n) is 1.10. The quantitative estimate of drug-likeness (QED) is 0.333. The second kappa shape index (κ2) is 7.12. The molecule has 0 N–H and O–H groups in total. The van der Waals surface area contributed by atoms with Crippen molar-refractivity contribution in [2.75, 3.05) is 19.3 Å².